The van der Waals surface area contributed by atoms with Crippen molar-refractivity contribution in [2.75, 3.05) is 0 Å². The average Bonchev–Trinajstić information content (AvgIpc) is 2.28. The summed E-state index contributed by atoms with van der Waals surface area (Å²) >= 11 is 0. The van der Waals surface area contributed by atoms with Gasteiger partial charge < -0.3 is 4.79 Å². The Hall–Kier alpha value is -1.91. The average molecular weight is 239 g/mol. The van der Waals surface area contributed by atoms with Gasteiger partial charge in [0.15, 0.2) is 0 Å². The maximum atomic E-state index is 12.6. The van der Waals surface area contributed by atoms with Gasteiger partial charge in [-0.1, -0.05) is 6.07 Å². The molecule has 0 spiro atoms. The molecule has 0 atom stereocenters. The number of hydrogen-bond acceptors (Lipinski definition) is 2. The van der Waals surface area contributed by atoms with Gasteiger partial charge in [0, 0.05) is 18.0 Å². The number of aromatic nitrogens is 1. The van der Waals surface area contributed by atoms with Crippen LogP contribution in [0.25, 0.3) is 10.9 Å². The number of pyridine rings is 1. The van der Waals surface area contributed by atoms with Crippen molar-refractivity contribution in [3.05, 3.63) is 41.6 Å². The summed E-state index contributed by atoms with van der Waals surface area (Å²) in [6, 6.07) is 5.27. The van der Waals surface area contributed by atoms with Crippen LogP contribution in [0.5, 0.6) is 0 Å². The summed E-state index contributed by atoms with van der Waals surface area (Å²) in [7, 11) is 0. The van der Waals surface area contributed by atoms with E-state index in [2.05, 4.69) is 4.98 Å². The molecule has 0 saturated carbocycles. The Balaban J connectivity index is 2.71. The molecule has 5 heteroatoms. The molecule has 0 radical (unpaired) electrons. The van der Waals surface area contributed by atoms with E-state index in [1.807, 2.05) is 0 Å². The highest BCUT2D eigenvalue weighted by Crippen LogP contribution is 2.32. The van der Waals surface area contributed by atoms with E-state index < -0.39 is 11.7 Å². The van der Waals surface area contributed by atoms with Crippen LogP contribution in [0.2, 0.25) is 0 Å². The maximum Gasteiger partial charge on any atom is 0.416 e. The van der Waals surface area contributed by atoms with Gasteiger partial charge in [-0.2, -0.15) is 13.2 Å². The maximum absolute atomic E-state index is 12.6. The molecule has 1 heterocycles. The van der Waals surface area contributed by atoms with E-state index in [1.165, 1.54) is 6.20 Å². The first kappa shape index (κ1) is 11.6. The molecular weight excluding hydrogens is 231 g/mol. The van der Waals surface area contributed by atoms with Crippen LogP contribution in [-0.2, 0) is 17.4 Å². The molecular formula is C12H8F3NO. The van der Waals surface area contributed by atoms with Gasteiger partial charge in [0.05, 0.1) is 11.1 Å². The first-order valence-corrected chi connectivity index (χ1v) is 4.91. The number of alkyl halides is 3. The minimum absolute atomic E-state index is 0.0495. The molecule has 1 aromatic carbocycles. The van der Waals surface area contributed by atoms with Gasteiger partial charge in [-0.15, -0.1) is 0 Å². The van der Waals surface area contributed by atoms with Crippen LogP contribution in [0.1, 0.15) is 11.1 Å². The molecule has 0 bridgehead atoms. The second-order valence-electron chi connectivity index (χ2n) is 3.57. The number of carbonyl (C=O) groups is 1. The number of carbonyl (C=O) groups excluding carboxylic acids is 1. The lowest BCUT2D eigenvalue weighted by Crippen LogP contribution is -2.06. The van der Waals surface area contributed by atoms with Crippen LogP contribution < -0.4 is 0 Å². The van der Waals surface area contributed by atoms with Gasteiger partial charge in [-0.25, -0.2) is 0 Å². The number of rotatable bonds is 2. The van der Waals surface area contributed by atoms with Crippen molar-refractivity contribution in [3.63, 3.8) is 0 Å². The van der Waals surface area contributed by atoms with E-state index in [9.17, 15) is 18.0 Å². The smallest absolute Gasteiger partial charge is 0.303 e. The summed E-state index contributed by atoms with van der Waals surface area (Å²) in [4.78, 5) is 14.4. The van der Waals surface area contributed by atoms with Crippen LogP contribution in [-0.4, -0.2) is 11.3 Å². The number of nitrogens with zero attached hydrogens (tertiary/aromatic N) is 1. The second-order valence-corrected chi connectivity index (χ2v) is 3.57. The van der Waals surface area contributed by atoms with Gasteiger partial charge >= 0.3 is 6.18 Å². The lowest BCUT2D eigenvalue weighted by molar-refractivity contribution is -0.137. The highest BCUT2D eigenvalue weighted by atomic mass is 19.4. The first-order chi connectivity index (χ1) is 8.02. The molecule has 0 unspecified atom stereocenters. The van der Waals surface area contributed by atoms with Gasteiger partial charge in [-0.05, 0) is 23.8 Å². The largest absolute Gasteiger partial charge is 0.416 e. The molecule has 17 heavy (non-hydrogen) atoms. The van der Waals surface area contributed by atoms with Crippen molar-refractivity contribution in [3.8, 4) is 0 Å². The Bertz CT molecular complexity index is 563. The Kier molecular flexibility index (Phi) is 2.83. The van der Waals surface area contributed by atoms with Crippen LogP contribution in [0.3, 0.4) is 0 Å². The fraction of sp³-hybridized carbons (Fsp3) is 0.167. The van der Waals surface area contributed by atoms with Crippen molar-refractivity contribution < 1.29 is 18.0 Å². The fourth-order valence-corrected chi connectivity index (χ4v) is 1.68. The highest BCUT2D eigenvalue weighted by Gasteiger charge is 2.31. The third kappa shape index (κ3) is 2.27. The molecule has 2 aromatic rings. The molecule has 0 N–H and O–H groups in total. The Morgan fingerprint density at radius 1 is 1.29 bits per heavy atom. The lowest BCUT2D eigenvalue weighted by Gasteiger charge is -2.10. The quantitative estimate of drug-likeness (QED) is 0.754. The molecule has 2 rings (SSSR count). The number of benzene rings is 1. The van der Waals surface area contributed by atoms with Crippen molar-refractivity contribution in [1.82, 2.24) is 4.98 Å². The second kappa shape index (κ2) is 4.16. The molecule has 0 saturated heterocycles. The zero-order valence-corrected chi connectivity index (χ0v) is 8.66. The van der Waals surface area contributed by atoms with E-state index >= 15 is 0 Å². The highest BCUT2D eigenvalue weighted by molar-refractivity contribution is 5.85. The Labute approximate surface area is 95.1 Å². The molecule has 0 aliphatic rings. The van der Waals surface area contributed by atoms with Crippen molar-refractivity contribution in [2.45, 2.75) is 12.6 Å². The normalized spacial score (nSPS) is 11.7. The third-order valence-electron chi connectivity index (χ3n) is 2.44. The van der Waals surface area contributed by atoms with Gasteiger partial charge in [0.1, 0.15) is 6.29 Å². The van der Waals surface area contributed by atoms with Gasteiger partial charge in [0.25, 0.3) is 0 Å². The molecule has 0 aliphatic carbocycles. The summed E-state index contributed by atoms with van der Waals surface area (Å²) in [6.07, 6.45) is -2.47. The van der Waals surface area contributed by atoms with Crippen LogP contribution in [0.4, 0.5) is 13.2 Å². The zero-order valence-electron chi connectivity index (χ0n) is 8.66. The van der Waals surface area contributed by atoms with E-state index in [1.54, 1.807) is 12.1 Å². The van der Waals surface area contributed by atoms with E-state index in [0.29, 0.717) is 17.2 Å². The fourth-order valence-electron chi connectivity index (χ4n) is 1.68. The number of hydrogen-bond donors (Lipinski definition) is 0. The Morgan fingerprint density at radius 2 is 2.06 bits per heavy atom. The molecule has 0 amide bonds. The van der Waals surface area contributed by atoms with Crippen LogP contribution >= 0.6 is 0 Å². The van der Waals surface area contributed by atoms with E-state index in [4.69, 9.17) is 0 Å². The van der Waals surface area contributed by atoms with Crippen LogP contribution in [0, 0.1) is 0 Å². The first-order valence-electron chi connectivity index (χ1n) is 4.91. The molecule has 1 aromatic heterocycles. The third-order valence-corrected chi connectivity index (χ3v) is 2.44. The van der Waals surface area contributed by atoms with Crippen LogP contribution in [0.15, 0.2) is 30.5 Å². The van der Waals surface area contributed by atoms with Gasteiger partial charge in [0.2, 0.25) is 0 Å². The standard InChI is InChI=1S/C12H8F3NO/c13-12(14,15)9-6-8(3-5-17)10-2-1-4-16-11(10)7-9/h1-2,4-7H,3H2. The topological polar surface area (TPSA) is 30.0 Å². The molecule has 0 fully saturated rings. The minimum atomic E-state index is -4.43. The monoisotopic (exact) mass is 239 g/mol. The van der Waals surface area contributed by atoms with E-state index in [-0.39, 0.29) is 11.9 Å². The molecule has 0 aliphatic heterocycles. The van der Waals surface area contributed by atoms with Crippen molar-refractivity contribution in [2.24, 2.45) is 0 Å². The minimum Gasteiger partial charge on any atom is -0.303 e. The summed E-state index contributed by atoms with van der Waals surface area (Å²) < 4.78 is 37.9. The molecule has 2 nitrogen and oxygen atoms in total. The SMILES string of the molecule is O=CCc1cc(C(F)(F)F)cc2ncccc12. The Morgan fingerprint density at radius 3 is 2.71 bits per heavy atom. The summed E-state index contributed by atoms with van der Waals surface area (Å²) in [6.45, 7) is 0. The summed E-state index contributed by atoms with van der Waals surface area (Å²) in [5, 5.41) is 0.576. The van der Waals surface area contributed by atoms with Gasteiger partial charge in [-0.3, -0.25) is 4.98 Å². The van der Waals surface area contributed by atoms with E-state index in [0.717, 1.165) is 12.1 Å². The summed E-state index contributed by atoms with van der Waals surface area (Å²) in [5.41, 5.74) is -0.183. The number of halogens is 3. The molecule has 88 valence electrons. The number of fused-ring (bicyclic) bond motifs is 1. The predicted molar refractivity (Wildman–Crippen MR) is 56.5 cm³/mol. The summed E-state index contributed by atoms with van der Waals surface area (Å²) in [5.74, 6) is 0. The predicted octanol–water partition coefficient (Wildman–Crippen LogP) is 3.00. The van der Waals surface area contributed by atoms with Crippen molar-refractivity contribution >= 4 is 17.2 Å². The zero-order chi connectivity index (χ0) is 12.5. The van der Waals surface area contributed by atoms with Crippen molar-refractivity contribution in [1.29, 1.82) is 0 Å². The number of aldehydes is 1. The lowest BCUT2D eigenvalue weighted by atomic mass is 10.0.